The Hall–Kier alpha value is -3.74. The molecule has 0 aliphatic carbocycles. The van der Waals surface area contributed by atoms with Crippen LogP contribution in [0.3, 0.4) is 0 Å². The number of H-pyrrole nitrogens is 1. The maximum absolute atomic E-state index is 12.0. The van der Waals surface area contributed by atoms with Crippen molar-refractivity contribution in [3.05, 3.63) is 72.1 Å². The van der Waals surface area contributed by atoms with Crippen LogP contribution in [0.15, 0.2) is 60.9 Å². The Labute approximate surface area is 149 Å². The van der Waals surface area contributed by atoms with E-state index in [4.69, 9.17) is 0 Å². The minimum absolute atomic E-state index is 0.255. The van der Waals surface area contributed by atoms with Crippen molar-refractivity contribution in [2.75, 3.05) is 12.4 Å². The molecule has 0 unspecified atom stereocenters. The Kier molecular flexibility index (Phi) is 5.19. The van der Waals surface area contributed by atoms with Gasteiger partial charge in [0.25, 0.3) is 0 Å². The van der Waals surface area contributed by atoms with Crippen LogP contribution in [0.25, 0.3) is 17.5 Å². The van der Waals surface area contributed by atoms with Crippen molar-refractivity contribution in [1.82, 2.24) is 15.2 Å². The SMILES string of the molecule is COC(=O)c1ccc(C=CC(=O)Nc2ccc(-c3ncn[nH]3)cc2)cc1. The van der Waals surface area contributed by atoms with Gasteiger partial charge in [-0.1, -0.05) is 12.1 Å². The van der Waals surface area contributed by atoms with E-state index in [0.717, 1.165) is 11.1 Å². The highest BCUT2D eigenvalue weighted by molar-refractivity contribution is 6.02. The molecule has 2 N–H and O–H groups in total. The van der Waals surface area contributed by atoms with Gasteiger partial charge in [-0.2, -0.15) is 5.10 Å². The third kappa shape index (κ3) is 4.21. The first-order chi connectivity index (χ1) is 12.7. The molecule has 0 saturated heterocycles. The summed E-state index contributed by atoms with van der Waals surface area (Å²) in [5.74, 6) is 0.0136. The molecule has 7 heteroatoms. The monoisotopic (exact) mass is 348 g/mol. The molecule has 0 spiro atoms. The van der Waals surface area contributed by atoms with Crippen LogP contribution >= 0.6 is 0 Å². The second-order valence-electron chi connectivity index (χ2n) is 5.35. The average Bonchev–Trinajstić information content (AvgIpc) is 3.21. The van der Waals surface area contributed by atoms with Crippen molar-refractivity contribution >= 4 is 23.6 Å². The van der Waals surface area contributed by atoms with Gasteiger partial charge in [-0.25, -0.2) is 9.78 Å². The van der Waals surface area contributed by atoms with E-state index in [-0.39, 0.29) is 5.91 Å². The van der Waals surface area contributed by atoms with Crippen LogP contribution in [-0.2, 0) is 9.53 Å². The van der Waals surface area contributed by atoms with E-state index in [2.05, 4.69) is 25.2 Å². The molecule has 0 bridgehead atoms. The minimum atomic E-state index is -0.396. The largest absolute Gasteiger partial charge is 0.465 e. The first-order valence-electron chi connectivity index (χ1n) is 7.79. The summed E-state index contributed by atoms with van der Waals surface area (Å²) in [7, 11) is 1.33. The molecule has 7 nitrogen and oxygen atoms in total. The van der Waals surface area contributed by atoms with Crippen molar-refractivity contribution < 1.29 is 14.3 Å². The molecule has 2 aromatic carbocycles. The molecule has 3 rings (SSSR count). The lowest BCUT2D eigenvalue weighted by molar-refractivity contribution is -0.111. The van der Waals surface area contributed by atoms with Gasteiger partial charge in [0.2, 0.25) is 5.91 Å². The van der Waals surface area contributed by atoms with Crippen LogP contribution < -0.4 is 5.32 Å². The Morgan fingerprint density at radius 2 is 1.81 bits per heavy atom. The molecular formula is C19H16N4O3. The van der Waals surface area contributed by atoms with Crippen molar-refractivity contribution in [2.24, 2.45) is 0 Å². The van der Waals surface area contributed by atoms with E-state index in [0.29, 0.717) is 17.1 Å². The molecule has 0 aliphatic rings. The Morgan fingerprint density at radius 3 is 2.42 bits per heavy atom. The van der Waals surface area contributed by atoms with Gasteiger partial charge in [0.15, 0.2) is 5.82 Å². The molecule has 0 aliphatic heterocycles. The van der Waals surface area contributed by atoms with Gasteiger partial charge >= 0.3 is 5.97 Å². The molecule has 1 amide bonds. The number of anilines is 1. The van der Waals surface area contributed by atoms with Gasteiger partial charge in [0, 0.05) is 17.3 Å². The molecule has 0 atom stereocenters. The normalized spacial score (nSPS) is 10.7. The van der Waals surface area contributed by atoms with Gasteiger partial charge in [0.05, 0.1) is 12.7 Å². The second kappa shape index (κ2) is 7.89. The number of amides is 1. The number of hydrogen-bond acceptors (Lipinski definition) is 5. The average molecular weight is 348 g/mol. The van der Waals surface area contributed by atoms with Crippen LogP contribution in [0.4, 0.5) is 5.69 Å². The van der Waals surface area contributed by atoms with E-state index in [1.807, 2.05) is 12.1 Å². The van der Waals surface area contributed by atoms with Gasteiger partial charge in [0.1, 0.15) is 6.33 Å². The van der Waals surface area contributed by atoms with Crippen LogP contribution in [0.5, 0.6) is 0 Å². The smallest absolute Gasteiger partial charge is 0.337 e. The number of benzene rings is 2. The molecule has 0 fully saturated rings. The number of methoxy groups -OCH3 is 1. The quantitative estimate of drug-likeness (QED) is 0.546. The Morgan fingerprint density at radius 1 is 1.08 bits per heavy atom. The van der Waals surface area contributed by atoms with Crippen LogP contribution in [0.2, 0.25) is 0 Å². The Bertz CT molecular complexity index is 914. The van der Waals surface area contributed by atoms with Crippen molar-refractivity contribution in [2.45, 2.75) is 0 Å². The first kappa shape index (κ1) is 17.1. The van der Waals surface area contributed by atoms with Crippen LogP contribution in [0.1, 0.15) is 15.9 Å². The molecule has 0 radical (unpaired) electrons. The number of carbonyl (C=O) groups is 2. The number of nitrogens with one attached hydrogen (secondary N) is 2. The molecule has 3 aromatic rings. The van der Waals surface area contributed by atoms with Crippen LogP contribution in [0, 0.1) is 0 Å². The fourth-order valence-electron chi connectivity index (χ4n) is 2.26. The predicted molar refractivity (Wildman–Crippen MR) is 97.3 cm³/mol. The molecule has 0 saturated carbocycles. The lowest BCUT2D eigenvalue weighted by Gasteiger charge is -2.03. The summed E-state index contributed by atoms with van der Waals surface area (Å²) in [6.07, 6.45) is 4.53. The van der Waals surface area contributed by atoms with Gasteiger partial charge in [-0.15, -0.1) is 0 Å². The highest BCUT2D eigenvalue weighted by atomic mass is 16.5. The van der Waals surface area contributed by atoms with Crippen molar-refractivity contribution in [3.8, 4) is 11.4 Å². The fraction of sp³-hybridized carbons (Fsp3) is 0.0526. The maximum Gasteiger partial charge on any atom is 0.337 e. The van der Waals surface area contributed by atoms with Gasteiger partial charge in [-0.3, -0.25) is 9.89 Å². The molecule has 130 valence electrons. The van der Waals surface area contributed by atoms with Crippen LogP contribution in [-0.4, -0.2) is 34.2 Å². The fourth-order valence-corrected chi connectivity index (χ4v) is 2.26. The van der Waals surface area contributed by atoms with E-state index >= 15 is 0 Å². The van der Waals surface area contributed by atoms with E-state index in [9.17, 15) is 9.59 Å². The highest BCUT2D eigenvalue weighted by Gasteiger charge is 2.04. The summed E-state index contributed by atoms with van der Waals surface area (Å²) in [6.45, 7) is 0. The number of aromatic nitrogens is 3. The second-order valence-corrected chi connectivity index (χ2v) is 5.35. The van der Waals surface area contributed by atoms with Gasteiger partial charge in [-0.05, 0) is 48.0 Å². The molecule has 1 heterocycles. The Balaban J connectivity index is 1.59. The number of carbonyl (C=O) groups excluding carboxylic acids is 2. The van der Waals surface area contributed by atoms with Crippen molar-refractivity contribution in [3.63, 3.8) is 0 Å². The first-order valence-corrected chi connectivity index (χ1v) is 7.79. The lowest BCUT2D eigenvalue weighted by atomic mass is 10.1. The summed E-state index contributed by atoms with van der Waals surface area (Å²) >= 11 is 0. The van der Waals surface area contributed by atoms with Gasteiger partial charge < -0.3 is 10.1 Å². The zero-order valence-electron chi connectivity index (χ0n) is 14.0. The number of hydrogen-bond donors (Lipinski definition) is 2. The topological polar surface area (TPSA) is 97.0 Å². The maximum atomic E-state index is 12.0. The predicted octanol–water partition coefficient (Wildman–Crippen LogP) is 2.91. The zero-order valence-corrected chi connectivity index (χ0v) is 14.0. The number of ether oxygens (including phenoxy) is 1. The third-order valence-electron chi connectivity index (χ3n) is 3.60. The van der Waals surface area contributed by atoms with Crippen molar-refractivity contribution in [1.29, 1.82) is 0 Å². The van der Waals surface area contributed by atoms with E-state index in [1.54, 1.807) is 42.5 Å². The molecular weight excluding hydrogens is 332 g/mol. The lowest BCUT2D eigenvalue weighted by Crippen LogP contribution is -2.07. The number of aromatic amines is 1. The summed E-state index contributed by atoms with van der Waals surface area (Å²) in [5, 5.41) is 9.36. The number of nitrogens with zero attached hydrogens (tertiary/aromatic N) is 2. The molecule has 1 aromatic heterocycles. The summed E-state index contributed by atoms with van der Waals surface area (Å²) in [6, 6.07) is 14.0. The third-order valence-corrected chi connectivity index (χ3v) is 3.60. The van der Waals surface area contributed by atoms with E-state index < -0.39 is 5.97 Å². The standard InChI is InChI=1S/C19H16N4O3/c1-26-19(25)15-5-2-13(3-6-15)4-11-17(24)22-16-9-7-14(8-10-16)18-20-12-21-23-18/h2-12H,1H3,(H,22,24)(H,20,21,23). The zero-order chi connectivity index (χ0) is 18.4. The molecule has 26 heavy (non-hydrogen) atoms. The number of esters is 1. The highest BCUT2D eigenvalue weighted by Crippen LogP contribution is 2.17. The number of rotatable bonds is 5. The summed E-state index contributed by atoms with van der Waals surface area (Å²) < 4.78 is 4.64. The minimum Gasteiger partial charge on any atom is -0.465 e. The van der Waals surface area contributed by atoms with E-state index in [1.165, 1.54) is 19.5 Å². The summed E-state index contributed by atoms with van der Waals surface area (Å²) in [5.41, 5.74) is 2.81. The summed E-state index contributed by atoms with van der Waals surface area (Å²) in [4.78, 5) is 27.5.